The standard InChI is InChI=1S/C20H14N4O4S/c1-23-19(25)17(29-20(23)22-18-7-2-3-10-21-18)12-15-8-9-16(28-15)13-5-4-6-14(11-13)24(26)27/h2-12H,1H3/b17-12+,22-20+. The third kappa shape index (κ3) is 3.94. The summed E-state index contributed by atoms with van der Waals surface area (Å²) < 4.78 is 5.77. The van der Waals surface area contributed by atoms with Crippen molar-refractivity contribution in [2.24, 2.45) is 4.99 Å². The maximum atomic E-state index is 12.5. The average Bonchev–Trinajstić information content (AvgIpc) is 3.30. The zero-order chi connectivity index (χ0) is 20.4. The molecule has 1 aromatic carbocycles. The van der Waals surface area contributed by atoms with Crippen molar-refractivity contribution in [1.82, 2.24) is 9.88 Å². The Labute approximate surface area is 169 Å². The predicted molar refractivity (Wildman–Crippen MR) is 110 cm³/mol. The molecule has 4 rings (SSSR count). The summed E-state index contributed by atoms with van der Waals surface area (Å²) in [5, 5.41) is 11.5. The van der Waals surface area contributed by atoms with Crippen molar-refractivity contribution in [2.75, 3.05) is 7.05 Å². The van der Waals surface area contributed by atoms with E-state index in [4.69, 9.17) is 4.42 Å². The van der Waals surface area contributed by atoms with Crippen molar-refractivity contribution in [1.29, 1.82) is 0 Å². The van der Waals surface area contributed by atoms with E-state index >= 15 is 0 Å². The minimum atomic E-state index is -0.457. The maximum absolute atomic E-state index is 12.5. The summed E-state index contributed by atoms with van der Waals surface area (Å²) in [6, 6.07) is 15.0. The number of nitro groups is 1. The quantitative estimate of drug-likeness (QED) is 0.359. The molecular formula is C20H14N4O4S. The highest BCUT2D eigenvalue weighted by molar-refractivity contribution is 8.18. The van der Waals surface area contributed by atoms with Gasteiger partial charge in [-0.2, -0.15) is 0 Å². The lowest BCUT2D eigenvalue weighted by Gasteiger charge is -2.06. The highest BCUT2D eigenvalue weighted by Crippen LogP contribution is 2.34. The summed E-state index contributed by atoms with van der Waals surface area (Å²) in [6.07, 6.45) is 3.27. The topological polar surface area (TPSA) is 102 Å². The first kappa shape index (κ1) is 18.6. The molecule has 1 amide bonds. The highest BCUT2D eigenvalue weighted by atomic mass is 32.2. The molecule has 1 saturated heterocycles. The fourth-order valence-electron chi connectivity index (χ4n) is 2.66. The molecule has 29 heavy (non-hydrogen) atoms. The van der Waals surface area contributed by atoms with Gasteiger partial charge in [0.15, 0.2) is 11.0 Å². The Morgan fingerprint density at radius 2 is 2.07 bits per heavy atom. The molecule has 0 N–H and O–H groups in total. The van der Waals surface area contributed by atoms with E-state index in [1.54, 1.807) is 55.7 Å². The second kappa shape index (κ2) is 7.72. The van der Waals surface area contributed by atoms with Gasteiger partial charge in [0.05, 0.1) is 9.83 Å². The number of aromatic nitrogens is 1. The van der Waals surface area contributed by atoms with Gasteiger partial charge < -0.3 is 4.42 Å². The van der Waals surface area contributed by atoms with Crippen molar-refractivity contribution in [2.45, 2.75) is 0 Å². The van der Waals surface area contributed by atoms with E-state index < -0.39 is 4.92 Å². The van der Waals surface area contributed by atoms with Crippen molar-refractivity contribution >= 4 is 40.4 Å². The zero-order valence-electron chi connectivity index (χ0n) is 15.2. The number of rotatable bonds is 4. The number of carbonyl (C=O) groups excluding carboxylic acids is 1. The molecule has 0 atom stereocenters. The molecule has 8 nitrogen and oxygen atoms in total. The summed E-state index contributed by atoms with van der Waals surface area (Å²) in [6.45, 7) is 0. The van der Waals surface area contributed by atoms with Crippen molar-refractivity contribution < 1.29 is 14.1 Å². The maximum Gasteiger partial charge on any atom is 0.270 e. The van der Waals surface area contributed by atoms with Crippen molar-refractivity contribution in [3.8, 4) is 11.3 Å². The van der Waals surface area contributed by atoms with Crippen LogP contribution in [0.3, 0.4) is 0 Å². The van der Waals surface area contributed by atoms with Gasteiger partial charge in [0.2, 0.25) is 0 Å². The molecule has 1 aliphatic rings. The van der Waals surface area contributed by atoms with Crippen LogP contribution in [0.25, 0.3) is 17.4 Å². The van der Waals surface area contributed by atoms with Gasteiger partial charge in [-0.05, 0) is 36.0 Å². The molecule has 0 bridgehead atoms. The zero-order valence-corrected chi connectivity index (χ0v) is 16.0. The Morgan fingerprint density at radius 3 is 2.83 bits per heavy atom. The smallest absolute Gasteiger partial charge is 0.270 e. The number of pyridine rings is 1. The molecule has 0 spiro atoms. The third-order valence-corrected chi connectivity index (χ3v) is 5.16. The number of hydrogen-bond acceptors (Lipinski definition) is 7. The van der Waals surface area contributed by atoms with E-state index in [2.05, 4.69) is 9.98 Å². The largest absolute Gasteiger partial charge is 0.457 e. The van der Waals surface area contributed by atoms with Crippen LogP contribution in [0.5, 0.6) is 0 Å². The Morgan fingerprint density at radius 1 is 1.21 bits per heavy atom. The molecule has 3 aromatic rings. The lowest BCUT2D eigenvalue weighted by atomic mass is 10.1. The van der Waals surface area contributed by atoms with Crippen LogP contribution in [0.4, 0.5) is 11.5 Å². The monoisotopic (exact) mass is 406 g/mol. The van der Waals surface area contributed by atoms with Gasteiger partial charge in [0.25, 0.3) is 11.6 Å². The average molecular weight is 406 g/mol. The van der Waals surface area contributed by atoms with Crippen molar-refractivity contribution in [3.05, 3.63) is 81.6 Å². The van der Waals surface area contributed by atoms with E-state index in [1.165, 1.54) is 28.8 Å². The van der Waals surface area contributed by atoms with E-state index in [0.717, 1.165) is 0 Å². The minimum Gasteiger partial charge on any atom is -0.457 e. The lowest BCUT2D eigenvalue weighted by molar-refractivity contribution is -0.384. The lowest BCUT2D eigenvalue weighted by Crippen LogP contribution is -2.23. The van der Waals surface area contributed by atoms with Crippen LogP contribution >= 0.6 is 11.8 Å². The molecule has 0 aliphatic carbocycles. The van der Waals surface area contributed by atoms with Crippen LogP contribution in [0.15, 0.2) is 75.1 Å². The van der Waals surface area contributed by atoms with Gasteiger partial charge in [-0.3, -0.25) is 19.8 Å². The van der Waals surface area contributed by atoms with Crippen LogP contribution in [0, 0.1) is 10.1 Å². The summed E-state index contributed by atoms with van der Waals surface area (Å²) >= 11 is 1.23. The van der Waals surface area contributed by atoms with Gasteiger partial charge in [0.1, 0.15) is 11.5 Å². The number of aliphatic imine (C=N–C) groups is 1. The molecule has 0 unspecified atom stereocenters. The number of amides is 1. The van der Waals surface area contributed by atoms with E-state index in [1.807, 2.05) is 6.07 Å². The predicted octanol–water partition coefficient (Wildman–Crippen LogP) is 4.48. The second-order valence-electron chi connectivity index (χ2n) is 6.07. The second-order valence-corrected chi connectivity index (χ2v) is 7.08. The number of benzene rings is 1. The summed E-state index contributed by atoms with van der Waals surface area (Å²) in [7, 11) is 1.65. The first-order valence-electron chi connectivity index (χ1n) is 8.53. The van der Waals surface area contributed by atoms with Crippen LogP contribution in [-0.2, 0) is 4.79 Å². The first-order valence-corrected chi connectivity index (χ1v) is 9.35. The number of likely N-dealkylation sites (N-methyl/N-ethyl adjacent to an activating group) is 1. The molecule has 2 aromatic heterocycles. The molecule has 9 heteroatoms. The number of furan rings is 1. The number of nitro benzene ring substituents is 1. The summed E-state index contributed by atoms with van der Waals surface area (Å²) in [5.74, 6) is 1.27. The fourth-order valence-corrected chi connectivity index (χ4v) is 3.61. The summed E-state index contributed by atoms with van der Waals surface area (Å²) in [5.41, 5.74) is 0.570. The number of hydrogen-bond donors (Lipinski definition) is 0. The SMILES string of the molecule is CN1C(=O)/C(=C\c2ccc(-c3cccc([N+](=O)[O-])c3)o2)S/C1=N/c1ccccn1. The van der Waals surface area contributed by atoms with Gasteiger partial charge in [-0.1, -0.05) is 18.2 Å². The van der Waals surface area contributed by atoms with Crippen LogP contribution in [-0.4, -0.2) is 32.9 Å². The van der Waals surface area contributed by atoms with Gasteiger partial charge in [-0.15, -0.1) is 0 Å². The van der Waals surface area contributed by atoms with Crippen LogP contribution < -0.4 is 0 Å². The van der Waals surface area contributed by atoms with Crippen LogP contribution in [0.1, 0.15) is 5.76 Å². The number of nitrogens with zero attached hydrogens (tertiary/aromatic N) is 4. The Balaban J connectivity index is 1.59. The molecule has 1 fully saturated rings. The van der Waals surface area contributed by atoms with E-state index in [9.17, 15) is 14.9 Å². The minimum absolute atomic E-state index is 0.0164. The highest BCUT2D eigenvalue weighted by Gasteiger charge is 2.30. The number of amidine groups is 1. The molecular weight excluding hydrogens is 392 g/mol. The molecule has 0 radical (unpaired) electrons. The molecule has 144 valence electrons. The van der Waals surface area contributed by atoms with Gasteiger partial charge in [0, 0.05) is 37.0 Å². The molecule has 1 aliphatic heterocycles. The van der Waals surface area contributed by atoms with Gasteiger partial charge >= 0.3 is 0 Å². The Bertz CT molecular complexity index is 1150. The van der Waals surface area contributed by atoms with Crippen molar-refractivity contribution in [3.63, 3.8) is 0 Å². The Hall–Kier alpha value is -3.72. The first-order chi connectivity index (χ1) is 14.0. The van der Waals surface area contributed by atoms with E-state index in [0.29, 0.717) is 33.0 Å². The number of thioether (sulfide) groups is 1. The summed E-state index contributed by atoms with van der Waals surface area (Å²) in [4.78, 5) is 33.5. The number of non-ortho nitro benzene ring substituents is 1. The molecule has 0 saturated carbocycles. The Kier molecular flexibility index (Phi) is 4.96. The third-order valence-electron chi connectivity index (χ3n) is 4.10. The van der Waals surface area contributed by atoms with E-state index in [-0.39, 0.29) is 11.6 Å². The normalized spacial score (nSPS) is 16.7. The fraction of sp³-hybridized carbons (Fsp3) is 0.0500. The molecule has 3 heterocycles. The van der Waals surface area contributed by atoms with Crippen LogP contribution in [0.2, 0.25) is 0 Å². The number of carbonyl (C=O) groups is 1. The van der Waals surface area contributed by atoms with Gasteiger partial charge in [-0.25, -0.2) is 9.98 Å².